The average Bonchev–Trinajstić information content (AvgIpc) is 2.97. The summed E-state index contributed by atoms with van der Waals surface area (Å²) in [5, 5.41) is 2.51. The molecule has 6 aromatic rings. The maximum Gasteiger partial charge on any atom is 0.0494 e. The van der Waals surface area contributed by atoms with Crippen molar-refractivity contribution in [3.8, 4) is 33.4 Å². The zero-order valence-corrected chi connectivity index (χ0v) is 20.3. The lowest BCUT2D eigenvalue weighted by atomic mass is 9.93. The van der Waals surface area contributed by atoms with Gasteiger partial charge in [0.1, 0.15) is 0 Å². The van der Waals surface area contributed by atoms with Gasteiger partial charge in [0.25, 0.3) is 0 Å². The summed E-state index contributed by atoms with van der Waals surface area (Å²) in [5.74, 6) is 0. The van der Waals surface area contributed by atoms with Gasteiger partial charge in [-0.15, -0.1) is 0 Å². The van der Waals surface area contributed by atoms with Crippen molar-refractivity contribution in [3.05, 3.63) is 146 Å². The van der Waals surface area contributed by atoms with Crippen LogP contribution >= 0.6 is 0 Å². The number of nitrogens with zero attached hydrogens (tertiary/aromatic N) is 1. The summed E-state index contributed by atoms with van der Waals surface area (Å²) >= 11 is 0. The number of fused-ring (bicyclic) bond motifs is 1. The first-order valence-corrected chi connectivity index (χ1v) is 12.4. The summed E-state index contributed by atoms with van der Waals surface area (Å²) in [4.78, 5) is 2.34. The maximum atomic E-state index is 2.34. The number of hydrogen-bond donors (Lipinski definition) is 0. The van der Waals surface area contributed by atoms with Crippen molar-refractivity contribution >= 4 is 22.1 Å². The number of para-hydroxylation sites is 1. The standard InChI is InChI=1S/C35H27N/c1-36(34-22-11-10-20-31(34)28-15-6-3-7-16-28)35-25-29(26-13-4-2-5-14-26)23-24-33(35)32-21-12-18-27-17-8-9-19-30(27)32/h2-25H,1H3. The van der Waals surface area contributed by atoms with Crippen molar-refractivity contribution in [3.63, 3.8) is 0 Å². The monoisotopic (exact) mass is 461 g/mol. The normalized spacial score (nSPS) is 10.9. The van der Waals surface area contributed by atoms with Gasteiger partial charge in [0, 0.05) is 29.5 Å². The molecule has 1 heteroatoms. The minimum absolute atomic E-state index is 1.18. The van der Waals surface area contributed by atoms with Crippen LogP contribution in [0.3, 0.4) is 0 Å². The molecule has 0 amide bonds. The molecular weight excluding hydrogens is 434 g/mol. The molecule has 0 aliphatic rings. The Balaban J connectivity index is 1.58. The minimum atomic E-state index is 1.18. The molecule has 0 atom stereocenters. The van der Waals surface area contributed by atoms with Crippen LogP contribution in [0.15, 0.2) is 146 Å². The van der Waals surface area contributed by atoms with Crippen molar-refractivity contribution < 1.29 is 0 Å². The van der Waals surface area contributed by atoms with Gasteiger partial charge >= 0.3 is 0 Å². The van der Waals surface area contributed by atoms with Crippen LogP contribution in [0.1, 0.15) is 0 Å². The molecule has 0 saturated heterocycles. The highest BCUT2D eigenvalue weighted by Gasteiger charge is 2.17. The zero-order valence-electron chi connectivity index (χ0n) is 20.3. The molecule has 0 aliphatic heterocycles. The van der Waals surface area contributed by atoms with Crippen LogP contribution in [0.2, 0.25) is 0 Å². The van der Waals surface area contributed by atoms with Crippen molar-refractivity contribution in [2.24, 2.45) is 0 Å². The second kappa shape index (κ2) is 9.56. The third-order valence-corrected chi connectivity index (χ3v) is 6.90. The zero-order chi connectivity index (χ0) is 24.3. The topological polar surface area (TPSA) is 3.24 Å². The summed E-state index contributed by atoms with van der Waals surface area (Å²) in [6.45, 7) is 0. The molecule has 1 nitrogen and oxygen atoms in total. The quantitative estimate of drug-likeness (QED) is 0.247. The molecule has 0 unspecified atom stereocenters. The molecule has 0 aliphatic carbocycles. The van der Waals surface area contributed by atoms with Gasteiger partial charge in [0.2, 0.25) is 0 Å². The molecule has 6 rings (SSSR count). The van der Waals surface area contributed by atoms with E-state index < -0.39 is 0 Å². The van der Waals surface area contributed by atoms with E-state index in [0.717, 1.165) is 0 Å². The fraction of sp³-hybridized carbons (Fsp3) is 0.0286. The Kier molecular flexibility index (Phi) is 5.81. The molecule has 0 radical (unpaired) electrons. The highest BCUT2D eigenvalue weighted by atomic mass is 15.1. The van der Waals surface area contributed by atoms with Crippen LogP contribution in [0, 0.1) is 0 Å². The SMILES string of the molecule is CN(c1ccccc1-c1ccccc1)c1cc(-c2ccccc2)ccc1-c1cccc2ccccc12. The van der Waals surface area contributed by atoms with Gasteiger partial charge in [0.05, 0.1) is 0 Å². The van der Waals surface area contributed by atoms with Gasteiger partial charge in [-0.3, -0.25) is 0 Å². The Bertz CT molecular complexity index is 1630. The van der Waals surface area contributed by atoms with Crippen molar-refractivity contribution in [1.82, 2.24) is 0 Å². The molecule has 0 aromatic heterocycles. The van der Waals surface area contributed by atoms with Gasteiger partial charge in [-0.25, -0.2) is 0 Å². The molecule has 172 valence electrons. The van der Waals surface area contributed by atoms with Gasteiger partial charge in [-0.1, -0.05) is 133 Å². The molecule has 0 bridgehead atoms. The Hall–Kier alpha value is -4.62. The van der Waals surface area contributed by atoms with E-state index in [4.69, 9.17) is 0 Å². The first-order valence-electron chi connectivity index (χ1n) is 12.4. The Morgan fingerprint density at radius 1 is 0.389 bits per heavy atom. The first-order chi connectivity index (χ1) is 17.8. The van der Waals surface area contributed by atoms with Crippen LogP contribution in [0.4, 0.5) is 11.4 Å². The highest BCUT2D eigenvalue weighted by Crippen LogP contribution is 2.42. The van der Waals surface area contributed by atoms with Crippen molar-refractivity contribution in [1.29, 1.82) is 0 Å². The molecule has 0 saturated carbocycles. The van der Waals surface area contributed by atoms with Crippen LogP contribution in [-0.2, 0) is 0 Å². The van der Waals surface area contributed by atoms with Crippen LogP contribution in [0.5, 0.6) is 0 Å². The van der Waals surface area contributed by atoms with Gasteiger partial charge in [-0.05, 0) is 45.2 Å². The van der Waals surface area contributed by atoms with E-state index in [1.807, 2.05) is 0 Å². The molecule has 6 aromatic carbocycles. The molecule has 0 heterocycles. The van der Waals surface area contributed by atoms with Crippen LogP contribution in [0.25, 0.3) is 44.2 Å². The number of anilines is 2. The Morgan fingerprint density at radius 3 is 1.81 bits per heavy atom. The van der Waals surface area contributed by atoms with E-state index in [1.165, 1.54) is 55.5 Å². The second-order valence-electron chi connectivity index (χ2n) is 9.07. The minimum Gasteiger partial charge on any atom is -0.344 e. The van der Waals surface area contributed by atoms with Crippen molar-refractivity contribution in [2.75, 3.05) is 11.9 Å². The summed E-state index contributed by atoms with van der Waals surface area (Å²) in [6, 6.07) is 52.0. The van der Waals surface area contributed by atoms with E-state index in [1.54, 1.807) is 0 Å². The highest BCUT2D eigenvalue weighted by molar-refractivity contribution is 6.01. The largest absolute Gasteiger partial charge is 0.344 e. The fourth-order valence-corrected chi connectivity index (χ4v) is 5.07. The van der Waals surface area contributed by atoms with Gasteiger partial charge in [-0.2, -0.15) is 0 Å². The maximum absolute atomic E-state index is 2.34. The number of rotatable bonds is 5. The summed E-state index contributed by atoms with van der Waals surface area (Å²) in [5.41, 5.74) is 9.67. The van der Waals surface area contributed by atoms with Crippen molar-refractivity contribution in [2.45, 2.75) is 0 Å². The second-order valence-corrected chi connectivity index (χ2v) is 9.07. The molecule has 0 fully saturated rings. The number of hydrogen-bond acceptors (Lipinski definition) is 1. The summed E-state index contributed by atoms with van der Waals surface area (Å²) < 4.78 is 0. The Labute approximate surface area is 212 Å². The molecular formula is C35H27N. The van der Waals surface area contributed by atoms with E-state index in [9.17, 15) is 0 Å². The van der Waals surface area contributed by atoms with Gasteiger partial charge < -0.3 is 4.90 Å². The smallest absolute Gasteiger partial charge is 0.0494 e. The van der Waals surface area contributed by atoms with E-state index in [0.29, 0.717) is 0 Å². The third-order valence-electron chi connectivity index (χ3n) is 6.90. The third kappa shape index (κ3) is 4.06. The van der Waals surface area contributed by atoms with Crippen LogP contribution < -0.4 is 4.90 Å². The summed E-state index contributed by atoms with van der Waals surface area (Å²) in [7, 11) is 2.18. The Morgan fingerprint density at radius 2 is 1.00 bits per heavy atom. The molecule has 0 spiro atoms. The van der Waals surface area contributed by atoms with E-state index in [2.05, 4.69) is 158 Å². The summed E-state index contributed by atoms with van der Waals surface area (Å²) in [6.07, 6.45) is 0. The predicted octanol–water partition coefficient (Wildman–Crippen LogP) is 9.61. The molecule has 0 N–H and O–H groups in total. The average molecular weight is 462 g/mol. The lowest BCUT2D eigenvalue weighted by molar-refractivity contribution is 1.21. The van der Waals surface area contributed by atoms with E-state index >= 15 is 0 Å². The molecule has 36 heavy (non-hydrogen) atoms. The van der Waals surface area contributed by atoms with Crippen LogP contribution in [-0.4, -0.2) is 7.05 Å². The lowest BCUT2D eigenvalue weighted by Gasteiger charge is -2.27. The van der Waals surface area contributed by atoms with E-state index in [-0.39, 0.29) is 0 Å². The lowest BCUT2D eigenvalue weighted by Crippen LogP contribution is -2.12. The predicted molar refractivity (Wildman–Crippen MR) is 155 cm³/mol. The number of benzene rings is 6. The first kappa shape index (κ1) is 21.9. The fourth-order valence-electron chi connectivity index (χ4n) is 5.07. The van der Waals surface area contributed by atoms with Gasteiger partial charge in [0.15, 0.2) is 0 Å².